The first-order valence-corrected chi connectivity index (χ1v) is 9.23. The van der Waals surface area contributed by atoms with Crippen molar-refractivity contribution in [2.75, 3.05) is 13.1 Å². The highest BCUT2D eigenvalue weighted by molar-refractivity contribution is 5.01. The lowest BCUT2D eigenvalue weighted by atomic mass is 9.77. The minimum Gasteiger partial charge on any atom is -0.308 e. The average molecular weight is 278 g/mol. The average Bonchev–Trinajstić information content (AvgIpc) is 2.51. The van der Waals surface area contributed by atoms with Gasteiger partial charge in [0, 0.05) is 30.7 Å². The quantitative estimate of drug-likeness (QED) is 0.822. The molecule has 116 valence electrons. The Balaban J connectivity index is 1.67. The molecular formula is C18H34N2. The van der Waals surface area contributed by atoms with E-state index in [9.17, 15) is 0 Å². The van der Waals surface area contributed by atoms with Gasteiger partial charge in [-0.15, -0.1) is 0 Å². The van der Waals surface area contributed by atoms with Gasteiger partial charge in [0.1, 0.15) is 0 Å². The van der Waals surface area contributed by atoms with Gasteiger partial charge in [0.05, 0.1) is 0 Å². The molecule has 0 bridgehead atoms. The van der Waals surface area contributed by atoms with Crippen molar-refractivity contribution < 1.29 is 0 Å². The molecule has 0 aromatic carbocycles. The smallest absolute Gasteiger partial charge is 0.0309 e. The normalized spacial score (nSPS) is 39.0. The largest absolute Gasteiger partial charge is 0.308 e. The Bertz CT molecular complexity index is 309. The highest BCUT2D eigenvalue weighted by atomic mass is 15.3. The molecular weight excluding hydrogens is 244 g/mol. The molecule has 3 unspecified atom stereocenters. The first kappa shape index (κ1) is 14.8. The number of nitrogens with one attached hydrogen (secondary N) is 1. The van der Waals surface area contributed by atoms with Crippen LogP contribution in [-0.2, 0) is 0 Å². The third-order valence-corrected chi connectivity index (χ3v) is 6.44. The zero-order valence-electron chi connectivity index (χ0n) is 13.7. The van der Waals surface area contributed by atoms with Gasteiger partial charge >= 0.3 is 0 Å². The lowest BCUT2D eigenvalue weighted by Gasteiger charge is -2.52. The van der Waals surface area contributed by atoms with Crippen molar-refractivity contribution in [3.05, 3.63) is 0 Å². The summed E-state index contributed by atoms with van der Waals surface area (Å²) in [5, 5.41) is 3.94. The Morgan fingerprint density at radius 3 is 2.65 bits per heavy atom. The second-order valence-electron chi connectivity index (χ2n) is 7.84. The summed E-state index contributed by atoms with van der Waals surface area (Å²) in [6, 6.07) is 1.62. The van der Waals surface area contributed by atoms with Gasteiger partial charge in [-0.05, 0) is 38.5 Å². The fourth-order valence-electron chi connectivity index (χ4n) is 5.03. The molecule has 0 aromatic heterocycles. The number of piperazine rings is 1. The molecule has 0 aromatic rings. The van der Waals surface area contributed by atoms with E-state index in [0.717, 1.165) is 18.0 Å². The third kappa shape index (κ3) is 3.06. The highest BCUT2D eigenvalue weighted by Crippen LogP contribution is 2.36. The predicted octanol–water partition coefficient (Wildman–Crippen LogP) is 3.95. The van der Waals surface area contributed by atoms with Crippen LogP contribution >= 0.6 is 0 Å². The molecule has 3 atom stereocenters. The van der Waals surface area contributed by atoms with Crippen LogP contribution in [0.2, 0.25) is 0 Å². The van der Waals surface area contributed by atoms with E-state index in [4.69, 9.17) is 0 Å². The van der Waals surface area contributed by atoms with Gasteiger partial charge in [-0.25, -0.2) is 0 Å². The zero-order valence-corrected chi connectivity index (χ0v) is 13.7. The first-order valence-electron chi connectivity index (χ1n) is 9.23. The highest BCUT2D eigenvalue weighted by Gasteiger charge is 2.41. The summed E-state index contributed by atoms with van der Waals surface area (Å²) < 4.78 is 0. The first-order chi connectivity index (χ1) is 9.72. The second-order valence-corrected chi connectivity index (χ2v) is 7.84. The van der Waals surface area contributed by atoms with Crippen molar-refractivity contribution in [2.45, 2.75) is 95.7 Å². The Hall–Kier alpha value is -0.0800. The monoisotopic (exact) mass is 278 g/mol. The van der Waals surface area contributed by atoms with Crippen molar-refractivity contribution in [3.8, 4) is 0 Å². The lowest BCUT2D eigenvalue weighted by Crippen LogP contribution is -2.66. The lowest BCUT2D eigenvalue weighted by molar-refractivity contribution is 0.0105. The van der Waals surface area contributed by atoms with Gasteiger partial charge in [0.15, 0.2) is 0 Å². The van der Waals surface area contributed by atoms with Gasteiger partial charge in [0.2, 0.25) is 0 Å². The Labute approximate surface area is 125 Å². The van der Waals surface area contributed by atoms with Crippen molar-refractivity contribution in [3.63, 3.8) is 0 Å². The van der Waals surface area contributed by atoms with Gasteiger partial charge in [0.25, 0.3) is 0 Å². The van der Waals surface area contributed by atoms with Crippen LogP contribution in [0.1, 0.15) is 78.1 Å². The maximum atomic E-state index is 3.94. The van der Waals surface area contributed by atoms with E-state index in [2.05, 4.69) is 24.1 Å². The number of nitrogens with zero attached hydrogens (tertiary/aromatic N) is 1. The van der Waals surface area contributed by atoms with E-state index in [1.54, 1.807) is 0 Å². The van der Waals surface area contributed by atoms with E-state index in [1.807, 2.05) is 0 Å². The Morgan fingerprint density at radius 2 is 1.90 bits per heavy atom. The molecule has 2 aliphatic carbocycles. The van der Waals surface area contributed by atoms with Crippen molar-refractivity contribution >= 4 is 0 Å². The van der Waals surface area contributed by atoms with Crippen LogP contribution in [-0.4, -0.2) is 35.6 Å². The summed E-state index contributed by atoms with van der Waals surface area (Å²) in [7, 11) is 0. The predicted molar refractivity (Wildman–Crippen MR) is 86.0 cm³/mol. The van der Waals surface area contributed by atoms with Crippen molar-refractivity contribution in [1.82, 2.24) is 10.2 Å². The SMILES string of the molecule is CCC1CCCC(N2CC3(CCCCC3)NCC2C)C1. The molecule has 20 heavy (non-hydrogen) atoms. The van der Waals surface area contributed by atoms with E-state index in [1.165, 1.54) is 77.3 Å². The van der Waals surface area contributed by atoms with E-state index in [0.29, 0.717) is 5.54 Å². The van der Waals surface area contributed by atoms with Crippen molar-refractivity contribution in [2.24, 2.45) is 5.92 Å². The summed E-state index contributed by atoms with van der Waals surface area (Å²) in [5.74, 6) is 0.998. The van der Waals surface area contributed by atoms with E-state index >= 15 is 0 Å². The minimum absolute atomic E-state index is 0.476. The maximum absolute atomic E-state index is 3.94. The standard InChI is InChI=1S/C18H34N2/c1-3-16-8-7-9-17(12-16)20-14-18(19-13-15(20)2)10-5-4-6-11-18/h15-17,19H,3-14H2,1-2H3. The molecule has 1 spiro atoms. The molecule has 2 heteroatoms. The van der Waals surface area contributed by atoms with Crippen LogP contribution in [0.3, 0.4) is 0 Å². The minimum atomic E-state index is 0.476. The van der Waals surface area contributed by atoms with Crippen LogP contribution in [0.25, 0.3) is 0 Å². The van der Waals surface area contributed by atoms with Crippen LogP contribution in [0.5, 0.6) is 0 Å². The number of hydrogen-bond donors (Lipinski definition) is 1. The molecule has 2 nitrogen and oxygen atoms in total. The molecule has 2 saturated carbocycles. The van der Waals surface area contributed by atoms with Crippen LogP contribution in [0.4, 0.5) is 0 Å². The van der Waals surface area contributed by atoms with Gasteiger partial charge < -0.3 is 5.32 Å². The third-order valence-electron chi connectivity index (χ3n) is 6.44. The van der Waals surface area contributed by atoms with Gasteiger partial charge in [-0.2, -0.15) is 0 Å². The van der Waals surface area contributed by atoms with Gasteiger partial charge in [-0.1, -0.05) is 45.4 Å². The van der Waals surface area contributed by atoms with Crippen LogP contribution in [0.15, 0.2) is 0 Å². The van der Waals surface area contributed by atoms with Gasteiger partial charge in [-0.3, -0.25) is 4.90 Å². The number of rotatable bonds is 2. The molecule has 0 amide bonds. The fourth-order valence-corrected chi connectivity index (χ4v) is 5.03. The Morgan fingerprint density at radius 1 is 1.10 bits per heavy atom. The molecule has 3 rings (SSSR count). The van der Waals surface area contributed by atoms with Crippen LogP contribution < -0.4 is 5.32 Å². The second kappa shape index (κ2) is 6.36. The summed E-state index contributed by atoms with van der Waals surface area (Å²) in [5.41, 5.74) is 0.476. The van der Waals surface area contributed by atoms with Crippen LogP contribution in [0, 0.1) is 5.92 Å². The molecule has 0 radical (unpaired) electrons. The zero-order chi connectivity index (χ0) is 14.0. The summed E-state index contributed by atoms with van der Waals surface area (Å²) in [6.45, 7) is 7.37. The van der Waals surface area contributed by atoms with Crippen molar-refractivity contribution in [1.29, 1.82) is 0 Å². The fraction of sp³-hybridized carbons (Fsp3) is 1.00. The molecule has 1 saturated heterocycles. The summed E-state index contributed by atoms with van der Waals surface area (Å²) in [4.78, 5) is 2.91. The Kier molecular flexibility index (Phi) is 4.72. The molecule has 1 heterocycles. The van der Waals surface area contributed by atoms with E-state index < -0.39 is 0 Å². The molecule has 1 aliphatic heterocycles. The van der Waals surface area contributed by atoms with E-state index in [-0.39, 0.29) is 0 Å². The topological polar surface area (TPSA) is 15.3 Å². The maximum Gasteiger partial charge on any atom is 0.0309 e. The summed E-state index contributed by atoms with van der Waals surface area (Å²) in [6.07, 6.45) is 14.4. The summed E-state index contributed by atoms with van der Waals surface area (Å²) >= 11 is 0. The molecule has 1 N–H and O–H groups in total. The number of hydrogen-bond acceptors (Lipinski definition) is 2. The molecule has 3 fully saturated rings. The molecule has 3 aliphatic rings.